The molecule has 118 valence electrons. The first kappa shape index (κ1) is 14.9. The van der Waals surface area contributed by atoms with Crippen molar-refractivity contribution in [2.45, 2.75) is 31.8 Å². The molecule has 1 fully saturated rings. The van der Waals surface area contributed by atoms with Crippen LogP contribution in [0, 0.1) is 0 Å². The lowest BCUT2D eigenvalue weighted by molar-refractivity contribution is -0.00491. The van der Waals surface area contributed by atoms with Crippen LogP contribution in [0.5, 0.6) is 0 Å². The third-order valence-electron chi connectivity index (χ3n) is 4.63. The van der Waals surface area contributed by atoms with Gasteiger partial charge in [-0.3, -0.25) is 0 Å². The van der Waals surface area contributed by atoms with Gasteiger partial charge in [-0.15, -0.1) is 0 Å². The number of likely N-dealkylation sites (tertiary alicyclic amines) is 1. The molecule has 0 aliphatic carbocycles. The molecule has 2 N–H and O–H groups in total. The highest BCUT2D eigenvalue weighted by Crippen LogP contribution is 2.25. The number of hydrogen-bond donors (Lipinski definition) is 2. The lowest BCUT2D eigenvalue weighted by Gasteiger charge is -2.26. The van der Waals surface area contributed by atoms with Crippen LogP contribution in [0.4, 0.5) is 10.5 Å². The Labute approximate surface area is 130 Å². The number of fused-ring (bicyclic) bond motifs is 1. The smallest absolute Gasteiger partial charge is 0.321 e. The van der Waals surface area contributed by atoms with Gasteiger partial charge in [0.15, 0.2) is 0 Å². The van der Waals surface area contributed by atoms with Crippen LogP contribution >= 0.6 is 0 Å². The number of amides is 2. The highest BCUT2D eigenvalue weighted by molar-refractivity contribution is 5.92. The number of H-pyrrole nitrogens is 1. The van der Waals surface area contributed by atoms with Crippen molar-refractivity contribution in [1.29, 1.82) is 0 Å². The maximum Gasteiger partial charge on any atom is 0.321 e. The second-order valence-electron chi connectivity index (χ2n) is 6.20. The topological polar surface area (TPSA) is 57.4 Å². The Hall–Kier alpha value is -2.01. The second-order valence-corrected chi connectivity index (χ2v) is 6.20. The SMILES string of the molecule is CO[C@]1(C)CCCN(C(=O)Nc2ccc3cc[nH]c3c2)CC1. The number of carbonyl (C=O) groups excluding carboxylic acids is 1. The molecular weight excluding hydrogens is 278 g/mol. The lowest BCUT2D eigenvalue weighted by atomic mass is 9.97. The van der Waals surface area contributed by atoms with Crippen molar-refractivity contribution in [3.05, 3.63) is 30.5 Å². The number of rotatable bonds is 2. The number of benzene rings is 1. The normalized spacial score (nSPS) is 22.5. The predicted molar refractivity (Wildman–Crippen MR) is 88.2 cm³/mol. The number of aromatic nitrogens is 1. The number of aromatic amines is 1. The van der Waals surface area contributed by atoms with Crippen LogP contribution in [0.3, 0.4) is 0 Å². The minimum absolute atomic E-state index is 0.0359. The van der Waals surface area contributed by atoms with Crippen molar-refractivity contribution in [3.8, 4) is 0 Å². The number of anilines is 1. The Morgan fingerprint density at radius 2 is 2.18 bits per heavy atom. The van der Waals surface area contributed by atoms with Crippen molar-refractivity contribution in [2.24, 2.45) is 0 Å². The minimum Gasteiger partial charge on any atom is -0.378 e. The number of nitrogens with one attached hydrogen (secondary N) is 2. The third-order valence-corrected chi connectivity index (χ3v) is 4.63. The molecule has 5 nitrogen and oxygen atoms in total. The first-order chi connectivity index (χ1) is 10.6. The summed E-state index contributed by atoms with van der Waals surface area (Å²) in [6, 6.07) is 7.88. The maximum atomic E-state index is 12.5. The zero-order valence-electron chi connectivity index (χ0n) is 13.2. The van der Waals surface area contributed by atoms with E-state index in [4.69, 9.17) is 4.74 Å². The molecule has 1 atom stereocenters. The molecule has 0 spiro atoms. The first-order valence-electron chi connectivity index (χ1n) is 7.78. The van der Waals surface area contributed by atoms with Gasteiger partial charge in [0.05, 0.1) is 5.60 Å². The van der Waals surface area contributed by atoms with Gasteiger partial charge in [0.2, 0.25) is 0 Å². The highest BCUT2D eigenvalue weighted by atomic mass is 16.5. The largest absolute Gasteiger partial charge is 0.378 e. The molecule has 3 rings (SSSR count). The molecule has 1 aliphatic rings. The van der Waals surface area contributed by atoms with Gasteiger partial charge in [-0.05, 0) is 49.8 Å². The highest BCUT2D eigenvalue weighted by Gasteiger charge is 2.29. The van der Waals surface area contributed by atoms with Crippen molar-refractivity contribution in [1.82, 2.24) is 9.88 Å². The molecule has 2 amide bonds. The third kappa shape index (κ3) is 3.09. The molecular formula is C17H23N3O2. The predicted octanol–water partition coefficient (Wildman–Crippen LogP) is 3.59. The van der Waals surface area contributed by atoms with E-state index in [2.05, 4.69) is 17.2 Å². The molecule has 5 heteroatoms. The summed E-state index contributed by atoms with van der Waals surface area (Å²) in [6.07, 6.45) is 4.72. The van der Waals surface area contributed by atoms with Crippen LogP contribution < -0.4 is 5.32 Å². The molecule has 1 saturated heterocycles. The lowest BCUT2D eigenvalue weighted by Crippen LogP contribution is -2.37. The van der Waals surface area contributed by atoms with Crippen LogP contribution in [0.1, 0.15) is 26.2 Å². The standard InChI is InChI=1S/C17H23N3O2/c1-17(22-2)7-3-10-20(11-8-17)16(21)19-14-5-4-13-6-9-18-15(13)12-14/h4-6,9,12,18H,3,7-8,10-11H2,1-2H3,(H,19,21)/t17-/m1/s1. The molecule has 22 heavy (non-hydrogen) atoms. The van der Waals surface area contributed by atoms with Crippen LogP contribution in [-0.4, -0.2) is 41.7 Å². The van der Waals surface area contributed by atoms with Crippen molar-refractivity contribution in [3.63, 3.8) is 0 Å². The molecule has 1 aromatic carbocycles. The fourth-order valence-electron chi connectivity index (χ4n) is 2.99. The van der Waals surface area contributed by atoms with Crippen LogP contribution in [-0.2, 0) is 4.74 Å². The average molecular weight is 301 g/mol. The zero-order chi connectivity index (χ0) is 15.6. The molecule has 0 saturated carbocycles. The van der Waals surface area contributed by atoms with Gasteiger partial charge in [0.1, 0.15) is 0 Å². The van der Waals surface area contributed by atoms with Gasteiger partial charge >= 0.3 is 6.03 Å². The Morgan fingerprint density at radius 3 is 3.00 bits per heavy atom. The number of hydrogen-bond acceptors (Lipinski definition) is 2. The van der Waals surface area contributed by atoms with Gasteiger partial charge in [-0.1, -0.05) is 6.07 Å². The van der Waals surface area contributed by atoms with E-state index >= 15 is 0 Å². The van der Waals surface area contributed by atoms with Gasteiger partial charge in [0.25, 0.3) is 0 Å². The number of nitrogens with zero attached hydrogens (tertiary/aromatic N) is 1. The van der Waals surface area contributed by atoms with Gasteiger partial charge < -0.3 is 19.9 Å². The Morgan fingerprint density at radius 1 is 1.32 bits per heavy atom. The summed E-state index contributed by atoms with van der Waals surface area (Å²) in [5.41, 5.74) is 1.73. The first-order valence-corrected chi connectivity index (χ1v) is 7.78. The maximum absolute atomic E-state index is 12.5. The zero-order valence-corrected chi connectivity index (χ0v) is 13.2. The fraction of sp³-hybridized carbons (Fsp3) is 0.471. The average Bonchev–Trinajstić information content (AvgIpc) is 2.88. The molecule has 0 unspecified atom stereocenters. The fourth-order valence-corrected chi connectivity index (χ4v) is 2.99. The van der Waals surface area contributed by atoms with Crippen molar-refractivity contribution in [2.75, 3.05) is 25.5 Å². The number of carbonyl (C=O) groups is 1. The molecule has 0 radical (unpaired) electrons. The molecule has 1 aromatic heterocycles. The second kappa shape index (κ2) is 6.01. The van der Waals surface area contributed by atoms with Crippen LogP contribution in [0.15, 0.2) is 30.5 Å². The van der Waals surface area contributed by atoms with E-state index < -0.39 is 0 Å². The van der Waals surface area contributed by atoms with Gasteiger partial charge in [-0.2, -0.15) is 0 Å². The Kier molecular flexibility index (Phi) is 4.07. The van der Waals surface area contributed by atoms with Gasteiger partial charge in [0, 0.05) is 37.6 Å². The van der Waals surface area contributed by atoms with E-state index in [1.165, 1.54) is 0 Å². The van der Waals surface area contributed by atoms with Gasteiger partial charge in [-0.25, -0.2) is 4.79 Å². The molecule has 2 heterocycles. The van der Waals surface area contributed by atoms with Crippen LogP contribution in [0.25, 0.3) is 10.9 Å². The van der Waals surface area contributed by atoms with E-state index in [1.807, 2.05) is 35.4 Å². The summed E-state index contributed by atoms with van der Waals surface area (Å²) in [4.78, 5) is 17.5. The number of urea groups is 1. The number of ether oxygens (including phenoxy) is 1. The van der Waals surface area contributed by atoms with E-state index in [-0.39, 0.29) is 11.6 Å². The van der Waals surface area contributed by atoms with E-state index in [0.29, 0.717) is 0 Å². The van der Waals surface area contributed by atoms with Crippen molar-refractivity contribution >= 4 is 22.6 Å². The molecule has 0 bridgehead atoms. The van der Waals surface area contributed by atoms with E-state index in [0.717, 1.165) is 48.9 Å². The van der Waals surface area contributed by atoms with E-state index in [1.54, 1.807) is 7.11 Å². The Balaban J connectivity index is 1.66. The summed E-state index contributed by atoms with van der Waals surface area (Å²) in [5, 5.41) is 4.14. The molecule has 2 aromatic rings. The summed E-state index contributed by atoms with van der Waals surface area (Å²) in [6.45, 7) is 3.62. The minimum atomic E-state index is -0.113. The van der Waals surface area contributed by atoms with Crippen LogP contribution in [0.2, 0.25) is 0 Å². The van der Waals surface area contributed by atoms with E-state index in [9.17, 15) is 4.79 Å². The summed E-state index contributed by atoms with van der Waals surface area (Å²) in [7, 11) is 1.75. The summed E-state index contributed by atoms with van der Waals surface area (Å²) < 4.78 is 5.58. The monoisotopic (exact) mass is 301 g/mol. The Bertz CT molecular complexity index is 667. The molecule has 1 aliphatic heterocycles. The summed E-state index contributed by atoms with van der Waals surface area (Å²) in [5.74, 6) is 0. The summed E-state index contributed by atoms with van der Waals surface area (Å²) >= 11 is 0. The number of methoxy groups -OCH3 is 1. The van der Waals surface area contributed by atoms with Crippen molar-refractivity contribution < 1.29 is 9.53 Å². The quantitative estimate of drug-likeness (QED) is 0.890.